The predicted molar refractivity (Wildman–Crippen MR) is 54.5 cm³/mol. The SMILES string of the molecule is Nc1nc(=O)n([C@H]2C[C@H](O)[C@H](CO)O2)cc1F. The van der Waals surface area contributed by atoms with Crippen LogP contribution in [-0.4, -0.2) is 38.6 Å². The summed E-state index contributed by atoms with van der Waals surface area (Å²) in [6.45, 7) is -0.378. The standard InChI is InChI=1S/C9H12FN3O4/c10-4-2-13(9(16)12-8(4)11)7-1-5(15)6(3-14)17-7/h2,5-7,14-15H,1,3H2,(H2,11,12,16)/t5-,6-,7+/m0/s1. The minimum absolute atomic E-state index is 0.0795. The summed E-state index contributed by atoms with van der Waals surface area (Å²) in [5.74, 6) is -1.32. The van der Waals surface area contributed by atoms with E-state index in [4.69, 9.17) is 15.6 Å². The molecule has 4 N–H and O–H groups in total. The van der Waals surface area contributed by atoms with Crippen molar-refractivity contribution >= 4 is 5.82 Å². The summed E-state index contributed by atoms with van der Waals surface area (Å²) >= 11 is 0. The summed E-state index contributed by atoms with van der Waals surface area (Å²) < 4.78 is 19.3. The van der Waals surface area contributed by atoms with Gasteiger partial charge in [0, 0.05) is 6.42 Å². The van der Waals surface area contributed by atoms with Crippen LogP contribution in [0.2, 0.25) is 0 Å². The average Bonchev–Trinajstić information content (AvgIpc) is 2.65. The molecule has 7 nitrogen and oxygen atoms in total. The van der Waals surface area contributed by atoms with E-state index in [0.29, 0.717) is 0 Å². The van der Waals surface area contributed by atoms with Crippen LogP contribution in [0.3, 0.4) is 0 Å². The molecule has 0 aliphatic carbocycles. The number of rotatable bonds is 2. The largest absolute Gasteiger partial charge is 0.394 e. The van der Waals surface area contributed by atoms with E-state index in [1.165, 1.54) is 0 Å². The highest BCUT2D eigenvalue weighted by atomic mass is 19.1. The van der Waals surface area contributed by atoms with E-state index in [-0.39, 0.29) is 13.0 Å². The first-order valence-corrected chi connectivity index (χ1v) is 5.01. The predicted octanol–water partition coefficient (Wildman–Crippen LogP) is -1.39. The van der Waals surface area contributed by atoms with Gasteiger partial charge < -0.3 is 20.7 Å². The van der Waals surface area contributed by atoms with Gasteiger partial charge in [-0.3, -0.25) is 4.57 Å². The fourth-order valence-corrected chi connectivity index (χ4v) is 1.71. The third-order valence-corrected chi connectivity index (χ3v) is 2.63. The van der Waals surface area contributed by atoms with Crippen LogP contribution in [0.5, 0.6) is 0 Å². The molecule has 0 saturated carbocycles. The quantitative estimate of drug-likeness (QED) is 0.591. The van der Waals surface area contributed by atoms with E-state index in [2.05, 4.69) is 4.98 Å². The van der Waals surface area contributed by atoms with Gasteiger partial charge in [0.05, 0.1) is 18.9 Å². The van der Waals surface area contributed by atoms with E-state index in [9.17, 15) is 14.3 Å². The Morgan fingerprint density at radius 1 is 1.71 bits per heavy atom. The average molecular weight is 245 g/mol. The molecule has 3 atom stereocenters. The molecule has 1 aliphatic heterocycles. The second kappa shape index (κ2) is 4.40. The summed E-state index contributed by atoms with van der Waals surface area (Å²) in [6.07, 6.45) is -1.58. The maximum absolute atomic E-state index is 13.2. The first-order chi connectivity index (χ1) is 8.02. The van der Waals surface area contributed by atoms with Crippen LogP contribution in [0, 0.1) is 5.82 Å². The summed E-state index contributed by atoms with van der Waals surface area (Å²) in [6, 6.07) is 0. The van der Waals surface area contributed by atoms with Crippen LogP contribution in [0.15, 0.2) is 11.0 Å². The Balaban J connectivity index is 2.30. The molecule has 0 aromatic carbocycles. The van der Waals surface area contributed by atoms with Gasteiger partial charge in [-0.05, 0) is 0 Å². The molecule has 0 radical (unpaired) electrons. The Hall–Kier alpha value is -1.51. The topological polar surface area (TPSA) is 111 Å². The van der Waals surface area contributed by atoms with Gasteiger partial charge in [0.15, 0.2) is 11.6 Å². The smallest absolute Gasteiger partial charge is 0.351 e. The zero-order chi connectivity index (χ0) is 12.6. The lowest BCUT2D eigenvalue weighted by molar-refractivity contribution is -0.0461. The Kier molecular flexibility index (Phi) is 3.09. The van der Waals surface area contributed by atoms with Crippen molar-refractivity contribution in [3.8, 4) is 0 Å². The van der Waals surface area contributed by atoms with Crippen molar-refractivity contribution < 1.29 is 19.3 Å². The highest BCUT2D eigenvalue weighted by Crippen LogP contribution is 2.27. The van der Waals surface area contributed by atoms with Crippen molar-refractivity contribution in [1.29, 1.82) is 0 Å². The minimum Gasteiger partial charge on any atom is -0.394 e. The van der Waals surface area contributed by atoms with Crippen molar-refractivity contribution in [2.24, 2.45) is 0 Å². The Labute approximate surface area is 95.3 Å². The number of ether oxygens (including phenoxy) is 1. The monoisotopic (exact) mass is 245 g/mol. The Morgan fingerprint density at radius 3 is 3.00 bits per heavy atom. The molecule has 1 fully saturated rings. The van der Waals surface area contributed by atoms with Crippen molar-refractivity contribution in [3.05, 3.63) is 22.5 Å². The number of halogens is 1. The number of nitrogens with two attached hydrogens (primary N) is 1. The summed E-state index contributed by atoms with van der Waals surface area (Å²) in [4.78, 5) is 14.7. The van der Waals surface area contributed by atoms with Crippen molar-refractivity contribution in [3.63, 3.8) is 0 Å². The zero-order valence-electron chi connectivity index (χ0n) is 8.78. The number of hydrogen-bond donors (Lipinski definition) is 3. The second-order valence-corrected chi connectivity index (χ2v) is 3.78. The van der Waals surface area contributed by atoms with Crippen molar-refractivity contribution in [2.75, 3.05) is 12.3 Å². The van der Waals surface area contributed by atoms with Crippen LogP contribution in [-0.2, 0) is 4.74 Å². The lowest BCUT2D eigenvalue weighted by Crippen LogP contribution is -2.29. The van der Waals surface area contributed by atoms with Crippen molar-refractivity contribution in [1.82, 2.24) is 9.55 Å². The van der Waals surface area contributed by atoms with Gasteiger partial charge in [-0.2, -0.15) is 4.98 Å². The number of aromatic nitrogens is 2. The molecule has 0 bridgehead atoms. The Bertz CT molecular complexity index is 478. The number of anilines is 1. The van der Waals surface area contributed by atoms with Crippen LogP contribution < -0.4 is 11.4 Å². The molecule has 1 saturated heterocycles. The zero-order valence-corrected chi connectivity index (χ0v) is 8.78. The molecule has 94 valence electrons. The normalized spacial score (nSPS) is 28.5. The van der Waals surface area contributed by atoms with Crippen LogP contribution in [0.4, 0.5) is 10.2 Å². The van der Waals surface area contributed by atoms with E-state index in [1.54, 1.807) is 0 Å². The fourth-order valence-electron chi connectivity index (χ4n) is 1.71. The molecule has 2 rings (SSSR count). The molecular formula is C9H12FN3O4. The molecular weight excluding hydrogens is 233 g/mol. The van der Waals surface area contributed by atoms with Crippen LogP contribution in [0.25, 0.3) is 0 Å². The molecule has 17 heavy (non-hydrogen) atoms. The summed E-state index contributed by atoms with van der Waals surface area (Å²) in [5, 5.41) is 18.4. The molecule has 0 amide bonds. The number of nitrogen functional groups attached to an aromatic ring is 1. The third kappa shape index (κ3) is 2.14. The van der Waals surface area contributed by atoms with Gasteiger partial charge in [-0.15, -0.1) is 0 Å². The molecule has 1 aliphatic rings. The van der Waals surface area contributed by atoms with E-state index in [0.717, 1.165) is 10.8 Å². The van der Waals surface area contributed by atoms with Gasteiger partial charge in [0.2, 0.25) is 0 Å². The Morgan fingerprint density at radius 2 is 2.41 bits per heavy atom. The maximum atomic E-state index is 13.2. The molecule has 2 heterocycles. The number of aliphatic hydroxyl groups excluding tert-OH is 2. The molecule has 0 unspecified atom stereocenters. The van der Waals surface area contributed by atoms with Gasteiger partial charge in [0.25, 0.3) is 0 Å². The molecule has 0 spiro atoms. The molecule has 1 aromatic heterocycles. The fraction of sp³-hybridized carbons (Fsp3) is 0.556. The van der Waals surface area contributed by atoms with Gasteiger partial charge in [-0.25, -0.2) is 9.18 Å². The van der Waals surface area contributed by atoms with Crippen molar-refractivity contribution in [2.45, 2.75) is 24.9 Å². The van der Waals surface area contributed by atoms with Crippen LogP contribution in [0.1, 0.15) is 12.6 Å². The minimum atomic E-state index is -0.905. The van der Waals surface area contributed by atoms with E-state index < -0.39 is 35.8 Å². The number of nitrogens with zero attached hydrogens (tertiary/aromatic N) is 2. The summed E-state index contributed by atoms with van der Waals surface area (Å²) in [7, 11) is 0. The van der Waals surface area contributed by atoms with Crippen LogP contribution >= 0.6 is 0 Å². The first kappa shape index (κ1) is 12.0. The van der Waals surface area contributed by atoms with Gasteiger partial charge >= 0.3 is 5.69 Å². The third-order valence-electron chi connectivity index (χ3n) is 2.63. The molecule has 8 heteroatoms. The van der Waals surface area contributed by atoms with Gasteiger partial charge in [-0.1, -0.05) is 0 Å². The second-order valence-electron chi connectivity index (χ2n) is 3.78. The maximum Gasteiger partial charge on any atom is 0.351 e. The van der Waals surface area contributed by atoms with E-state index in [1.807, 2.05) is 0 Å². The number of aliphatic hydroxyl groups is 2. The highest BCUT2D eigenvalue weighted by Gasteiger charge is 2.35. The lowest BCUT2D eigenvalue weighted by atomic mass is 10.2. The first-order valence-electron chi connectivity index (χ1n) is 5.01. The summed E-state index contributed by atoms with van der Waals surface area (Å²) in [5.41, 5.74) is 4.38. The van der Waals surface area contributed by atoms with E-state index >= 15 is 0 Å². The van der Waals surface area contributed by atoms with Gasteiger partial charge in [0.1, 0.15) is 12.3 Å². The lowest BCUT2D eigenvalue weighted by Gasteiger charge is -2.14. The molecule has 1 aromatic rings. The number of hydrogen-bond acceptors (Lipinski definition) is 6. The highest BCUT2D eigenvalue weighted by molar-refractivity contribution is 5.26.